The molecule has 304 valence electrons. The average molecular weight is 829 g/mol. The van der Waals surface area contributed by atoms with Crippen LogP contribution in [0, 0.1) is 0 Å². The Labute approximate surface area is 376 Å². The first-order chi connectivity index (χ1) is 32.2. The Morgan fingerprint density at radius 1 is 0.323 bits per heavy atom. The zero-order valence-corrected chi connectivity index (χ0v) is 35.4. The van der Waals surface area contributed by atoms with Crippen LogP contribution in [0.4, 0.5) is 17.1 Å². The van der Waals surface area contributed by atoms with Crippen LogP contribution in [0.2, 0.25) is 0 Å². The van der Waals surface area contributed by atoms with Crippen LogP contribution in [0.1, 0.15) is 0 Å². The third-order valence-corrected chi connectivity index (χ3v) is 13.2. The fourth-order valence-electron chi connectivity index (χ4n) is 10.2. The maximum atomic E-state index is 6.83. The number of benzene rings is 11. The van der Waals surface area contributed by atoms with E-state index in [4.69, 9.17) is 4.42 Å². The molecule has 0 N–H and O–H groups in total. The van der Waals surface area contributed by atoms with E-state index in [2.05, 4.69) is 252 Å². The smallest absolute Gasteiger partial charge is 0.143 e. The molecule has 0 bridgehead atoms. The number of para-hydroxylation sites is 5. The second-order valence-corrected chi connectivity index (χ2v) is 16.8. The topological polar surface area (TPSA) is 21.3 Å². The second-order valence-electron chi connectivity index (χ2n) is 16.8. The molecule has 11 aromatic carbocycles. The largest absolute Gasteiger partial charge is 0.455 e. The molecule has 65 heavy (non-hydrogen) atoms. The van der Waals surface area contributed by atoms with Crippen molar-refractivity contribution in [3.05, 3.63) is 243 Å². The van der Waals surface area contributed by atoms with Crippen molar-refractivity contribution in [2.45, 2.75) is 0 Å². The third kappa shape index (κ3) is 6.05. The Balaban J connectivity index is 0.974. The van der Waals surface area contributed by atoms with Crippen molar-refractivity contribution in [2.75, 3.05) is 4.90 Å². The molecule has 13 rings (SSSR count). The molecule has 0 aliphatic carbocycles. The lowest BCUT2D eigenvalue weighted by Crippen LogP contribution is -2.11. The summed E-state index contributed by atoms with van der Waals surface area (Å²) in [7, 11) is 0. The van der Waals surface area contributed by atoms with Gasteiger partial charge in [-0.1, -0.05) is 182 Å². The zero-order valence-electron chi connectivity index (χ0n) is 35.4. The van der Waals surface area contributed by atoms with Gasteiger partial charge in [-0.05, 0) is 98.9 Å². The summed E-state index contributed by atoms with van der Waals surface area (Å²) >= 11 is 0. The highest BCUT2D eigenvalue weighted by atomic mass is 16.3. The summed E-state index contributed by atoms with van der Waals surface area (Å²) in [5.74, 6) is 0. The highest BCUT2D eigenvalue weighted by Crippen LogP contribution is 2.46. The first-order valence-corrected chi connectivity index (χ1v) is 22.2. The van der Waals surface area contributed by atoms with Crippen LogP contribution >= 0.6 is 0 Å². The lowest BCUT2D eigenvalue weighted by molar-refractivity contribution is 0.670. The number of nitrogens with zero attached hydrogens (tertiary/aromatic N) is 2. The predicted octanol–water partition coefficient (Wildman–Crippen LogP) is 17.5. The molecule has 0 fully saturated rings. The lowest BCUT2D eigenvalue weighted by Gasteiger charge is -2.28. The molecule has 0 amide bonds. The number of aromatic nitrogens is 1. The summed E-state index contributed by atoms with van der Waals surface area (Å²) in [6.45, 7) is 0. The van der Waals surface area contributed by atoms with Gasteiger partial charge in [0.05, 0.1) is 22.4 Å². The molecule has 3 heteroatoms. The van der Waals surface area contributed by atoms with E-state index < -0.39 is 0 Å². The van der Waals surface area contributed by atoms with Crippen molar-refractivity contribution in [2.24, 2.45) is 0 Å². The number of anilines is 3. The van der Waals surface area contributed by atoms with Crippen molar-refractivity contribution in [3.8, 4) is 39.1 Å². The molecule has 0 saturated carbocycles. The van der Waals surface area contributed by atoms with E-state index in [9.17, 15) is 0 Å². The van der Waals surface area contributed by atoms with Gasteiger partial charge < -0.3 is 13.9 Å². The van der Waals surface area contributed by atoms with Crippen molar-refractivity contribution in [1.82, 2.24) is 4.57 Å². The summed E-state index contributed by atoms with van der Waals surface area (Å²) in [4.78, 5) is 2.39. The van der Waals surface area contributed by atoms with Gasteiger partial charge in [0, 0.05) is 49.6 Å². The molecule has 0 aliphatic rings. The van der Waals surface area contributed by atoms with Gasteiger partial charge in [-0.2, -0.15) is 0 Å². The SMILES string of the molecule is c1ccc(N(c2ccc(-c3ccccc3-n3c4ccccc4c4ccccc43)cc2)c2ccc(-c3cccc4ccccc34)cc2)c(-c2cccc3c2oc2cc4ccccc4cc23)c1. The maximum Gasteiger partial charge on any atom is 0.143 e. The van der Waals surface area contributed by atoms with Gasteiger partial charge in [0.1, 0.15) is 11.2 Å². The molecule has 0 radical (unpaired) electrons. The van der Waals surface area contributed by atoms with E-state index in [-0.39, 0.29) is 0 Å². The van der Waals surface area contributed by atoms with Crippen molar-refractivity contribution >= 4 is 82.4 Å². The molecule has 2 heterocycles. The van der Waals surface area contributed by atoms with E-state index in [0.29, 0.717) is 0 Å². The number of furan rings is 1. The van der Waals surface area contributed by atoms with E-state index in [0.717, 1.165) is 61.4 Å². The van der Waals surface area contributed by atoms with Gasteiger partial charge in [-0.25, -0.2) is 0 Å². The first-order valence-electron chi connectivity index (χ1n) is 22.2. The molecule has 0 atom stereocenters. The molecule has 3 nitrogen and oxygen atoms in total. The molecule has 0 spiro atoms. The van der Waals surface area contributed by atoms with Crippen LogP contribution < -0.4 is 4.90 Å². The quantitative estimate of drug-likeness (QED) is 0.160. The van der Waals surface area contributed by atoms with Crippen LogP contribution in [0.25, 0.3) is 104 Å². The first kappa shape index (κ1) is 36.9. The van der Waals surface area contributed by atoms with Gasteiger partial charge in [0.25, 0.3) is 0 Å². The Morgan fingerprint density at radius 3 is 1.54 bits per heavy atom. The summed E-state index contributed by atoms with van der Waals surface area (Å²) in [5.41, 5.74) is 15.3. The van der Waals surface area contributed by atoms with E-state index in [1.807, 2.05) is 0 Å². The summed E-state index contributed by atoms with van der Waals surface area (Å²) in [6, 6.07) is 87.6. The van der Waals surface area contributed by atoms with Crippen LogP contribution in [0.5, 0.6) is 0 Å². The number of fused-ring (bicyclic) bond motifs is 8. The average Bonchev–Trinajstić information content (AvgIpc) is 3.91. The molecular formula is C62H40N2O. The van der Waals surface area contributed by atoms with Gasteiger partial charge >= 0.3 is 0 Å². The van der Waals surface area contributed by atoms with E-state index >= 15 is 0 Å². The van der Waals surface area contributed by atoms with Crippen LogP contribution in [0.15, 0.2) is 247 Å². The van der Waals surface area contributed by atoms with Crippen molar-refractivity contribution in [3.63, 3.8) is 0 Å². The minimum atomic E-state index is 0.883. The molecule has 0 aliphatic heterocycles. The van der Waals surface area contributed by atoms with Gasteiger partial charge in [-0.15, -0.1) is 0 Å². The Hall–Kier alpha value is -8.66. The standard InChI is InChI=1S/C62H40N2O/c1-2-17-45-40-61-56(39-44(45)16-1)55-26-14-25-54(62(55)65-61)53-23-8-10-28-58(53)63(46-35-31-42(32-36-46)49-24-13-18-41-15-3-4-19-48(41)49)47-37-33-43(34-38-47)50-20-5-9-27-57(50)64-59-29-11-6-21-51(59)52-22-7-12-30-60(52)64/h1-40H. The zero-order chi connectivity index (χ0) is 42.8. The Morgan fingerprint density at radius 2 is 0.815 bits per heavy atom. The highest BCUT2D eigenvalue weighted by Gasteiger charge is 2.22. The van der Waals surface area contributed by atoms with Crippen molar-refractivity contribution < 1.29 is 4.42 Å². The Kier molecular flexibility index (Phi) is 8.53. The van der Waals surface area contributed by atoms with Gasteiger partial charge in [-0.3, -0.25) is 0 Å². The fraction of sp³-hybridized carbons (Fsp3) is 0. The monoisotopic (exact) mass is 828 g/mol. The molecule has 0 unspecified atom stereocenters. The maximum absolute atomic E-state index is 6.83. The van der Waals surface area contributed by atoms with Crippen LogP contribution in [-0.4, -0.2) is 4.57 Å². The second kappa shape index (κ2) is 15.0. The molecule has 13 aromatic rings. The lowest BCUT2D eigenvalue weighted by atomic mass is 9.97. The fourth-order valence-corrected chi connectivity index (χ4v) is 10.2. The Bertz CT molecular complexity index is 3890. The number of hydrogen-bond acceptors (Lipinski definition) is 2. The minimum Gasteiger partial charge on any atom is -0.455 e. The molecule has 2 aromatic heterocycles. The van der Waals surface area contributed by atoms with E-state index in [1.54, 1.807) is 0 Å². The normalized spacial score (nSPS) is 11.7. The van der Waals surface area contributed by atoms with Gasteiger partial charge in [0.15, 0.2) is 0 Å². The highest BCUT2D eigenvalue weighted by molar-refractivity contribution is 6.14. The molecular weight excluding hydrogens is 789 g/mol. The van der Waals surface area contributed by atoms with Gasteiger partial charge in [0.2, 0.25) is 0 Å². The van der Waals surface area contributed by atoms with Crippen LogP contribution in [0.3, 0.4) is 0 Å². The summed E-state index contributed by atoms with van der Waals surface area (Å²) < 4.78 is 9.24. The van der Waals surface area contributed by atoms with Crippen molar-refractivity contribution in [1.29, 1.82) is 0 Å². The third-order valence-electron chi connectivity index (χ3n) is 13.2. The number of hydrogen-bond donors (Lipinski definition) is 0. The number of rotatable bonds is 7. The summed E-state index contributed by atoms with van der Waals surface area (Å²) in [5, 5.41) is 9.58. The summed E-state index contributed by atoms with van der Waals surface area (Å²) in [6.07, 6.45) is 0. The minimum absolute atomic E-state index is 0.883. The molecule has 0 saturated heterocycles. The van der Waals surface area contributed by atoms with Crippen LogP contribution in [-0.2, 0) is 0 Å². The predicted molar refractivity (Wildman–Crippen MR) is 274 cm³/mol. The van der Waals surface area contributed by atoms with E-state index in [1.165, 1.54) is 60.0 Å².